The Morgan fingerprint density at radius 1 is 1.23 bits per heavy atom. The molecule has 4 rings (SSSR count). The Morgan fingerprint density at radius 2 is 2.03 bits per heavy atom. The second-order valence-corrected chi connectivity index (χ2v) is 6.35. The van der Waals surface area contributed by atoms with E-state index in [9.17, 15) is 23.3 Å². The number of nitrogens with zero attached hydrogens (tertiary/aromatic N) is 5. The smallest absolute Gasteiger partial charge is 0.387 e. The molecule has 0 atom stereocenters. The molecule has 1 aromatic carbocycles. The first kappa shape index (κ1) is 20.1. The van der Waals surface area contributed by atoms with E-state index in [1.807, 2.05) is 23.9 Å². The molecule has 3 aromatic heterocycles. The van der Waals surface area contributed by atoms with Crippen LogP contribution in [0.1, 0.15) is 0 Å². The van der Waals surface area contributed by atoms with Crippen LogP contribution in [0, 0.1) is 15.9 Å². The van der Waals surface area contributed by atoms with Crippen molar-refractivity contribution in [2.75, 3.05) is 5.32 Å². The molecule has 0 unspecified atom stereocenters. The summed E-state index contributed by atoms with van der Waals surface area (Å²) in [4.78, 5) is 22.8. The molecular weight excluding hydrogens is 417 g/mol. The van der Waals surface area contributed by atoms with E-state index in [2.05, 4.69) is 25.0 Å². The van der Waals surface area contributed by atoms with Gasteiger partial charge in [0.2, 0.25) is 11.8 Å². The highest BCUT2D eigenvalue weighted by Gasteiger charge is 2.22. The van der Waals surface area contributed by atoms with E-state index in [1.165, 1.54) is 6.20 Å². The lowest BCUT2D eigenvalue weighted by Crippen LogP contribution is -2.07. The summed E-state index contributed by atoms with van der Waals surface area (Å²) in [6.07, 6.45) is 4.87. The van der Waals surface area contributed by atoms with E-state index in [1.54, 1.807) is 18.3 Å². The van der Waals surface area contributed by atoms with Crippen LogP contribution in [-0.2, 0) is 7.05 Å². The fourth-order valence-electron chi connectivity index (χ4n) is 3.06. The molecule has 3 heterocycles. The maximum absolute atomic E-state index is 13.9. The van der Waals surface area contributed by atoms with E-state index < -0.39 is 28.8 Å². The second kappa shape index (κ2) is 7.89. The first-order valence-electron chi connectivity index (χ1n) is 8.76. The molecule has 0 saturated heterocycles. The third-order valence-corrected chi connectivity index (χ3v) is 4.38. The number of nitro groups is 1. The maximum Gasteiger partial charge on any atom is 0.387 e. The van der Waals surface area contributed by atoms with Gasteiger partial charge in [-0.05, 0) is 18.2 Å². The zero-order valence-electron chi connectivity index (χ0n) is 15.8. The lowest BCUT2D eigenvalue weighted by molar-refractivity contribution is -0.387. The molecular formula is C19H13F3N6O3. The average molecular weight is 430 g/mol. The number of rotatable bonds is 6. The summed E-state index contributed by atoms with van der Waals surface area (Å²) < 4.78 is 45.5. The molecule has 0 amide bonds. The Bertz CT molecular complexity index is 1290. The van der Waals surface area contributed by atoms with Crippen LogP contribution < -0.4 is 10.1 Å². The third-order valence-electron chi connectivity index (χ3n) is 4.38. The lowest BCUT2D eigenvalue weighted by Gasteiger charge is -2.12. The van der Waals surface area contributed by atoms with Crippen molar-refractivity contribution in [1.82, 2.24) is 19.5 Å². The van der Waals surface area contributed by atoms with Crippen LogP contribution >= 0.6 is 0 Å². The number of nitrogens with one attached hydrogen (secondary N) is 1. The van der Waals surface area contributed by atoms with Gasteiger partial charge in [-0.3, -0.25) is 15.1 Å². The number of fused-ring (bicyclic) bond motifs is 1. The molecule has 0 saturated carbocycles. The van der Waals surface area contributed by atoms with Crippen molar-refractivity contribution in [3.8, 4) is 17.0 Å². The molecule has 0 radical (unpaired) electrons. The van der Waals surface area contributed by atoms with Gasteiger partial charge in [0.05, 0.1) is 27.3 Å². The van der Waals surface area contributed by atoms with Crippen LogP contribution in [0.2, 0.25) is 0 Å². The SMILES string of the molecule is Cn1cc(-c2ccnc(Nc3cc([N+](=O)[O-])c(F)cc3OC(F)F)n2)c2ncccc21. The number of pyridine rings is 1. The van der Waals surface area contributed by atoms with Gasteiger partial charge in [-0.15, -0.1) is 0 Å². The molecule has 0 spiro atoms. The molecule has 0 aliphatic heterocycles. The number of nitro benzene ring substituents is 1. The number of benzene rings is 1. The van der Waals surface area contributed by atoms with E-state index in [0.717, 1.165) is 11.6 Å². The fourth-order valence-corrected chi connectivity index (χ4v) is 3.06. The summed E-state index contributed by atoms with van der Waals surface area (Å²) in [5, 5.41) is 13.6. The molecule has 158 valence electrons. The fraction of sp³-hybridized carbons (Fsp3) is 0.105. The van der Waals surface area contributed by atoms with Crippen LogP contribution in [0.15, 0.2) is 48.9 Å². The highest BCUT2D eigenvalue weighted by molar-refractivity contribution is 5.91. The van der Waals surface area contributed by atoms with Gasteiger partial charge < -0.3 is 14.6 Å². The Balaban J connectivity index is 1.75. The Labute approximate surface area is 172 Å². The first-order valence-corrected chi connectivity index (χ1v) is 8.76. The molecule has 0 aliphatic carbocycles. The Kier molecular flexibility index (Phi) is 5.11. The number of hydrogen-bond acceptors (Lipinski definition) is 7. The van der Waals surface area contributed by atoms with Crippen LogP contribution in [0.4, 0.5) is 30.5 Å². The molecule has 31 heavy (non-hydrogen) atoms. The number of halogens is 3. The van der Waals surface area contributed by atoms with E-state index in [4.69, 9.17) is 0 Å². The molecule has 0 aliphatic rings. The third kappa shape index (κ3) is 3.95. The number of aryl methyl sites for hydroxylation is 1. The largest absolute Gasteiger partial charge is 0.432 e. The van der Waals surface area contributed by atoms with Crippen molar-refractivity contribution in [2.45, 2.75) is 6.61 Å². The number of hydrogen-bond donors (Lipinski definition) is 1. The van der Waals surface area contributed by atoms with Crippen LogP contribution in [0.25, 0.3) is 22.3 Å². The lowest BCUT2D eigenvalue weighted by atomic mass is 10.2. The minimum atomic E-state index is -3.27. The standard InChI is InChI=1S/C19H13F3N6O3/c1-27-9-10(17-14(27)3-2-5-23-17)12-4-6-24-19(25-12)26-13-8-15(28(29)30)11(20)7-16(13)31-18(21)22/h2-9,18H,1H3,(H,24,25,26). The zero-order valence-corrected chi connectivity index (χ0v) is 15.8. The summed E-state index contributed by atoms with van der Waals surface area (Å²) in [5.41, 5.74) is 1.51. The summed E-state index contributed by atoms with van der Waals surface area (Å²) in [5.74, 6) is -2.01. The quantitative estimate of drug-likeness (QED) is 0.356. The number of aromatic nitrogens is 4. The summed E-state index contributed by atoms with van der Waals surface area (Å²) in [6, 6.07) is 6.55. The summed E-state index contributed by atoms with van der Waals surface area (Å²) >= 11 is 0. The minimum absolute atomic E-state index is 0.0644. The molecule has 4 aromatic rings. The second-order valence-electron chi connectivity index (χ2n) is 6.35. The van der Waals surface area contributed by atoms with Gasteiger partial charge in [0.15, 0.2) is 5.75 Å². The molecule has 0 bridgehead atoms. The molecule has 0 fully saturated rings. The van der Waals surface area contributed by atoms with Gasteiger partial charge in [-0.1, -0.05) is 0 Å². The van der Waals surface area contributed by atoms with Gasteiger partial charge in [0.1, 0.15) is 0 Å². The number of ether oxygens (including phenoxy) is 1. The molecule has 12 heteroatoms. The van der Waals surface area contributed by atoms with E-state index in [0.29, 0.717) is 22.8 Å². The monoisotopic (exact) mass is 430 g/mol. The number of alkyl halides is 2. The van der Waals surface area contributed by atoms with Crippen molar-refractivity contribution in [1.29, 1.82) is 0 Å². The molecule has 9 nitrogen and oxygen atoms in total. The first-order chi connectivity index (χ1) is 14.8. The van der Waals surface area contributed by atoms with Gasteiger partial charge in [0, 0.05) is 43.3 Å². The van der Waals surface area contributed by atoms with Crippen molar-refractivity contribution < 1.29 is 22.8 Å². The number of anilines is 2. The Hall–Kier alpha value is -4.22. The predicted octanol–water partition coefficient (Wildman–Crippen LogP) is 4.42. The predicted molar refractivity (Wildman–Crippen MR) is 105 cm³/mol. The summed E-state index contributed by atoms with van der Waals surface area (Å²) in [6.45, 7) is -3.27. The van der Waals surface area contributed by atoms with Crippen LogP contribution in [0.3, 0.4) is 0 Å². The summed E-state index contributed by atoms with van der Waals surface area (Å²) in [7, 11) is 1.85. The van der Waals surface area contributed by atoms with Crippen molar-refractivity contribution in [3.63, 3.8) is 0 Å². The minimum Gasteiger partial charge on any atom is -0.432 e. The van der Waals surface area contributed by atoms with Gasteiger partial charge in [0.25, 0.3) is 0 Å². The van der Waals surface area contributed by atoms with Gasteiger partial charge >= 0.3 is 12.3 Å². The van der Waals surface area contributed by atoms with Crippen molar-refractivity contribution in [3.05, 3.63) is 64.9 Å². The average Bonchev–Trinajstić information content (AvgIpc) is 3.06. The Morgan fingerprint density at radius 3 is 2.77 bits per heavy atom. The normalized spacial score (nSPS) is 11.1. The zero-order chi connectivity index (χ0) is 22.1. The highest BCUT2D eigenvalue weighted by atomic mass is 19.3. The van der Waals surface area contributed by atoms with Crippen molar-refractivity contribution >= 4 is 28.4 Å². The van der Waals surface area contributed by atoms with Crippen LogP contribution in [-0.4, -0.2) is 31.1 Å². The molecule has 1 N–H and O–H groups in total. The highest BCUT2D eigenvalue weighted by Crippen LogP contribution is 2.35. The van der Waals surface area contributed by atoms with Crippen LogP contribution in [0.5, 0.6) is 5.75 Å². The van der Waals surface area contributed by atoms with Crippen molar-refractivity contribution in [2.24, 2.45) is 7.05 Å². The topological polar surface area (TPSA) is 108 Å². The maximum atomic E-state index is 13.9. The van der Waals surface area contributed by atoms with Gasteiger partial charge in [-0.25, -0.2) is 9.97 Å². The van der Waals surface area contributed by atoms with E-state index >= 15 is 0 Å². The van der Waals surface area contributed by atoms with E-state index in [-0.39, 0.29) is 11.6 Å². The van der Waals surface area contributed by atoms with Gasteiger partial charge in [-0.2, -0.15) is 13.2 Å².